The number of anilines is 1. The van der Waals surface area contributed by atoms with E-state index in [4.69, 9.17) is 25.8 Å². The van der Waals surface area contributed by atoms with E-state index in [9.17, 15) is 14.4 Å². The highest BCUT2D eigenvalue weighted by atomic mass is 127. The second-order valence-electron chi connectivity index (χ2n) is 8.19. The molecule has 0 bridgehead atoms. The number of nitrogens with one attached hydrogen (secondary N) is 1. The van der Waals surface area contributed by atoms with Crippen molar-refractivity contribution < 1.29 is 28.6 Å². The van der Waals surface area contributed by atoms with E-state index < -0.39 is 17.8 Å². The smallest absolute Gasteiger partial charge is 0.335 e. The van der Waals surface area contributed by atoms with Crippen LogP contribution in [0.1, 0.15) is 18.1 Å². The second-order valence-corrected chi connectivity index (χ2v) is 9.76. The van der Waals surface area contributed by atoms with Crippen LogP contribution in [0.25, 0.3) is 6.08 Å². The molecule has 3 aromatic rings. The summed E-state index contributed by atoms with van der Waals surface area (Å²) in [6, 6.07) is 16.3. The largest absolute Gasteiger partial charge is 0.490 e. The molecule has 0 radical (unpaired) electrons. The fourth-order valence-corrected chi connectivity index (χ4v) is 4.71. The summed E-state index contributed by atoms with van der Waals surface area (Å²) in [5, 5.41) is 2.83. The topological polar surface area (TPSA) is 94.2 Å². The number of nitrogens with zero attached hydrogens (tertiary/aromatic N) is 1. The standard InChI is InChI=1S/C29H24ClIN2O6/c1-3-13-38-26-24(31)15-18(16-25(26)37-4-2)14-22-27(34)32-29(36)33(28(22)35)20-9-11-21(12-10-20)39-17-19-7-5-6-8-23(19)30/h3,5-12,14-16H,1,4,13,17H2,2H3,(H,32,34,36)/b22-14+. The molecule has 0 saturated carbocycles. The molecule has 0 aromatic heterocycles. The van der Waals surface area contributed by atoms with Gasteiger partial charge in [-0.05, 0) is 83.6 Å². The van der Waals surface area contributed by atoms with Gasteiger partial charge in [-0.2, -0.15) is 0 Å². The highest BCUT2D eigenvalue weighted by Crippen LogP contribution is 2.35. The number of rotatable bonds is 10. The number of carbonyl (C=O) groups excluding carboxylic acids is 3. The first kappa shape index (κ1) is 28.2. The van der Waals surface area contributed by atoms with Crippen molar-refractivity contribution in [3.8, 4) is 17.2 Å². The van der Waals surface area contributed by atoms with Crippen LogP contribution in [0.15, 0.2) is 78.9 Å². The monoisotopic (exact) mass is 658 g/mol. The number of urea groups is 1. The average molecular weight is 659 g/mol. The predicted molar refractivity (Wildman–Crippen MR) is 157 cm³/mol. The van der Waals surface area contributed by atoms with Crippen LogP contribution in [0.2, 0.25) is 5.02 Å². The lowest BCUT2D eigenvalue weighted by molar-refractivity contribution is -0.122. The van der Waals surface area contributed by atoms with E-state index in [0.29, 0.717) is 34.4 Å². The lowest BCUT2D eigenvalue weighted by Crippen LogP contribution is -2.54. The van der Waals surface area contributed by atoms with Crippen molar-refractivity contribution in [3.63, 3.8) is 0 Å². The van der Waals surface area contributed by atoms with Gasteiger partial charge in [-0.1, -0.05) is 42.5 Å². The van der Waals surface area contributed by atoms with E-state index in [1.54, 1.807) is 48.5 Å². The summed E-state index contributed by atoms with van der Waals surface area (Å²) in [7, 11) is 0. The third-order valence-corrected chi connectivity index (χ3v) is 6.71. The maximum Gasteiger partial charge on any atom is 0.335 e. The minimum atomic E-state index is -0.843. The summed E-state index contributed by atoms with van der Waals surface area (Å²) in [6.45, 7) is 6.43. The molecule has 8 nitrogen and oxygen atoms in total. The quantitative estimate of drug-likeness (QED) is 0.122. The highest BCUT2D eigenvalue weighted by Gasteiger charge is 2.37. The van der Waals surface area contributed by atoms with E-state index >= 15 is 0 Å². The Kier molecular flexibility index (Phi) is 9.26. The van der Waals surface area contributed by atoms with Crippen molar-refractivity contribution in [1.29, 1.82) is 0 Å². The maximum absolute atomic E-state index is 13.3. The Morgan fingerprint density at radius 3 is 2.46 bits per heavy atom. The molecule has 3 aromatic carbocycles. The van der Waals surface area contributed by atoms with Crippen LogP contribution in [0, 0.1) is 3.57 Å². The third-order valence-electron chi connectivity index (χ3n) is 5.54. The van der Waals surface area contributed by atoms with E-state index in [0.717, 1.165) is 14.0 Å². The molecule has 1 N–H and O–H groups in total. The molecule has 4 amide bonds. The first-order valence-corrected chi connectivity index (χ1v) is 13.4. The summed E-state index contributed by atoms with van der Waals surface area (Å²) >= 11 is 8.26. The molecule has 1 saturated heterocycles. The Labute approximate surface area is 244 Å². The Hall–Kier alpha value is -3.83. The molecule has 1 fully saturated rings. The van der Waals surface area contributed by atoms with Crippen LogP contribution in [0.4, 0.5) is 10.5 Å². The predicted octanol–water partition coefficient (Wildman–Crippen LogP) is 6.15. The summed E-state index contributed by atoms with van der Waals surface area (Å²) in [5.41, 5.74) is 1.43. The van der Waals surface area contributed by atoms with Gasteiger partial charge in [0.15, 0.2) is 11.5 Å². The fourth-order valence-electron chi connectivity index (χ4n) is 3.74. The molecule has 1 aliphatic heterocycles. The van der Waals surface area contributed by atoms with Crippen LogP contribution in [0.5, 0.6) is 17.2 Å². The van der Waals surface area contributed by atoms with Crippen LogP contribution in [0.3, 0.4) is 0 Å². The van der Waals surface area contributed by atoms with Crippen molar-refractivity contribution in [2.45, 2.75) is 13.5 Å². The Bertz CT molecular complexity index is 1450. The van der Waals surface area contributed by atoms with Crippen molar-refractivity contribution in [2.75, 3.05) is 18.1 Å². The van der Waals surface area contributed by atoms with Crippen LogP contribution >= 0.6 is 34.2 Å². The van der Waals surface area contributed by atoms with Gasteiger partial charge in [0.25, 0.3) is 11.8 Å². The zero-order valence-electron chi connectivity index (χ0n) is 20.9. The van der Waals surface area contributed by atoms with Gasteiger partial charge in [0.05, 0.1) is 15.9 Å². The zero-order chi connectivity index (χ0) is 27.9. The van der Waals surface area contributed by atoms with Gasteiger partial charge in [-0.15, -0.1) is 0 Å². The molecule has 1 aliphatic rings. The lowest BCUT2D eigenvalue weighted by atomic mass is 10.1. The fraction of sp³-hybridized carbons (Fsp3) is 0.138. The molecular weight excluding hydrogens is 635 g/mol. The first-order chi connectivity index (χ1) is 18.8. The number of hydrogen-bond donors (Lipinski definition) is 1. The van der Waals surface area contributed by atoms with Gasteiger partial charge in [0.2, 0.25) is 0 Å². The van der Waals surface area contributed by atoms with Gasteiger partial charge in [-0.3, -0.25) is 14.9 Å². The van der Waals surface area contributed by atoms with E-state index in [-0.39, 0.29) is 24.5 Å². The summed E-state index contributed by atoms with van der Waals surface area (Å²) < 4.78 is 17.9. The number of ether oxygens (including phenoxy) is 3. The average Bonchev–Trinajstić information content (AvgIpc) is 2.91. The number of imide groups is 2. The maximum atomic E-state index is 13.3. The summed E-state index contributed by atoms with van der Waals surface area (Å²) in [6.07, 6.45) is 3.04. The Balaban J connectivity index is 1.57. The lowest BCUT2D eigenvalue weighted by Gasteiger charge is -2.26. The minimum absolute atomic E-state index is 0.202. The third kappa shape index (κ3) is 6.61. The van der Waals surface area contributed by atoms with Gasteiger partial charge >= 0.3 is 6.03 Å². The van der Waals surface area contributed by atoms with Crippen molar-refractivity contribution >= 4 is 63.8 Å². The van der Waals surface area contributed by atoms with Gasteiger partial charge < -0.3 is 14.2 Å². The molecule has 4 rings (SSSR count). The second kappa shape index (κ2) is 12.8. The Morgan fingerprint density at radius 2 is 1.77 bits per heavy atom. The van der Waals surface area contributed by atoms with Gasteiger partial charge in [-0.25, -0.2) is 9.69 Å². The molecule has 0 spiro atoms. The molecule has 0 aliphatic carbocycles. The molecular formula is C29H24ClIN2O6. The van der Waals surface area contributed by atoms with Crippen LogP contribution in [-0.2, 0) is 16.2 Å². The van der Waals surface area contributed by atoms with E-state index in [2.05, 4.69) is 34.5 Å². The highest BCUT2D eigenvalue weighted by molar-refractivity contribution is 14.1. The molecule has 1 heterocycles. The summed E-state index contributed by atoms with van der Waals surface area (Å²) in [4.78, 5) is 39.5. The first-order valence-electron chi connectivity index (χ1n) is 11.9. The molecule has 200 valence electrons. The normalized spacial score (nSPS) is 14.3. The molecule has 39 heavy (non-hydrogen) atoms. The van der Waals surface area contributed by atoms with Crippen LogP contribution < -0.4 is 24.4 Å². The van der Waals surface area contributed by atoms with Crippen molar-refractivity contribution in [3.05, 3.63) is 98.6 Å². The minimum Gasteiger partial charge on any atom is -0.490 e. The number of benzene rings is 3. The summed E-state index contributed by atoms with van der Waals surface area (Å²) in [5.74, 6) is -0.0313. The van der Waals surface area contributed by atoms with E-state index in [1.165, 1.54) is 6.08 Å². The number of carbonyl (C=O) groups is 3. The Morgan fingerprint density at radius 1 is 1.03 bits per heavy atom. The van der Waals surface area contributed by atoms with E-state index in [1.807, 2.05) is 25.1 Å². The molecule has 10 heteroatoms. The SMILES string of the molecule is C=CCOc1c(I)cc(/C=C2\C(=O)NC(=O)N(c3ccc(OCc4ccccc4Cl)cc3)C2=O)cc1OCC. The number of amides is 4. The molecule has 0 unspecified atom stereocenters. The number of barbiturate groups is 1. The number of halogens is 2. The van der Waals surface area contributed by atoms with Gasteiger partial charge in [0.1, 0.15) is 24.5 Å². The number of hydrogen-bond acceptors (Lipinski definition) is 6. The van der Waals surface area contributed by atoms with Crippen molar-refractivity contribution in [2.24, 2.45) is 0 Å². The zero-order valence-corrected chi connectivity index (χ0v) is 23.8. The van der Waals surface area contributed by atoms with Crippen LogP contribution in [-0.4, -0.2) is 31.1 Å². The van der Waals surface area contributed by atoms with Gasteiger partial charge in [0, 0.05) is 10.6 Å². The molecule has 0 atom stereocenters. The van der Waals surface area contributed by atoms with Crippen molar-refractivity contribution in [1.82, 2.24) is 5.32 Å².